The van der Waals surface area contributed by atoms with Gasteiger partial charge >= 0.3 is 0 Å². The van der Waals surface area contributed by atoms with Crippen molar-refractivity contribution < 1.29 is 13.2 Å². The Morgan fingerprint density at radius 3 is 2.27 bits per heavy atom. The second kappa shape index (κ2) is 8.50. The Balaban J connectivity index is 1.85. The topological polar surface area (TPSA) is 58.6 Å². The molecule has 1 saturated heterocycles. The molecular formula is C19H23ClN2O3S. The van der Waals surface area contributed by atoms with Gasteiger partial charge in [-0.3, -0.25) is 4.90 Å². The van der Waals surface area contributed by atoms with Crippen molar-refractivity contribution in [2.24, 2.45) is 0 Å². The molecule has 0 aromatic heterocycles. The van der Waals surface area contributed by atoms with E-state index in [0.717, 1.165) is 18.7 Å². The predicted octanol–water partition coefficient (Wildman–Crippen LogP) is 3.08. The molecule has 0 bridgehead atoms. The molecule has 2 atom stereocenters. The monoisotopic (exact) mass is 394 g/mol. The summed E-state index contributed by atoms with van der Waals surface area (Å²) in [5.41, 5.74) is 1.08. The summed E-state index contributed by atoms with van der Waals surface area (Å²) in [6, 6.07) is 15.8. The Kier molecular flexibility index (Phi) is 6.32. The minimum atomic E-state index is -3.63. The third-order valence-corrected chi connectivity index (χ3v) is 6.35. The van der Waals surface area contributed by atoms with Crippen LogP contribution in [-0.2, 0) is 14.8 Å². The SMILES string of the molecule is CC(NS(=O)(=O)c1ccc(Cl)cc1)C(c1ccccc1)N1CCOCC1. The first kappa shape index (κ1) is 19.3. The highest BCUT2D eigenvalue weighted by Crippen LogP contribution is 2.26. The molecule has 3 rings (SSSR count). The molecule has 26 heavy (non-hydrogen) atoms. The Morgan fingerprint density at radius 2 is 1.65 bits per heavy atom. The van der Waals surface area contributed by atoms with Crippen LogP contribution in [0.4, 0.5) is 0 Å². The van der Waals surface area contributed by atoms with Gasteiger partial charge in [0.2, 0.25) is 10.0 Å². The van der Waals surface area contributed by atoms with Crippen molar-refractivity contribution in [3.8, 4) is 0 Å². The van der Waals surface area contributed by atoms with Gasteiger partial charge in [0.1, 0.15) is 0 Å². The molecule has 1 aliphatic heterocycles. The number of morpholine rings is 1. The molecule has 1 aliphatic rings. The number of nitrogens with zero attached hydrogens (tertiary/aromatic N) is 1. The maximum atomic E-state index is 12.8. The van der Waals surface area contributed by atoms with Gasteiger partial charge in [0.15, 0.2) is 0 Å². The van der Waals surface area contributed by atoms with Gasteiger partial charge in [0, 0.05) is 24.2 Å². The molecule has 5 nitrogen and oxygen atoms in total. The molecule has 1 N–H and O–H groups in total. The van der Waals surface area contributed by atoms with Gasteiger partial charge < -0.3 is 4.74 Å². The Bertz CT molecular complexity index is 806. The molecular weight excluding hydrogens is 372 g/mol. The highest BCUT2D eigenvalue weighted by atomic mass is 35.5. The second-order valence-corrected chi connectivity index (χ2v) is 8.52. The summed E-state index contributed by atoms with van der Waals surface area (Å²) in [6.45, 7) is 4.75. The van der Waals surface area contributed by atoms with Crippen LogP contribution in [0.3, 0.4) is 0 Å². The van der Waals surface area contributed by atoms with Gasteiger partial charge in [0.25, 0.3) is 0 Å². The molecule has 0 saturated carbocycles. The number of hydrogen-bond donors (Lipinski definition) is 1. The normalized spacial score (nSPS) is 18.4. The van der Waals surface area contributed by atoms with E-state index in [9.17, 15) is 8.42 Å². The zero-order valence-electron chi connectivity index (χ0n) is 14.6. The van der Waals surface area contributed by atoms with E-state index in [1.165, 1.54) is 12.1 Å². The molecule has 1 fully saturated rings. The van der Waals surface area contributed by atoms with Crippen LogP contribution in [0.2, 0.25) is 5.02 Å². The number of rotatable bonds is 6. The van der Waals surface area contributed by atoms with E-state index in [1.807, 2.05) is 37.3 Å². The van der Waals surface area contributed by atoms with E-state index < -0.39 is 10.0 Å². The van der Waals surface area contributed by atoms with Crippen molar-refractivity contribution in [3.05, 3.63) is 65.2 Å². The van der Waals surface area contributed by atoms with E-state index in [2.05, 4.69) is 9.62 Å². The van der Waals surface area contributed by atoms with Crippen molar-refractivity contribution in [1.82, 2.24) is 9.62 Å². The van der Waals surface area contributed by atoms with Crippen LogP contribution < -0.4 is 4.72 Å². The first-order chi connectivity index (χ1) is 12.5. The third-order valence-electron chi connectivity index (χ3n) is 4.52. The number of halogens is 1. The molecule has 2 aromatic rings. The summed E-state index contributed by atoms with van der Waals surface area (Å²) >= 11 is 5.87. The summed E-state index contributed by atoms with van der Waals surface area (Å²) in [4.78, 5) is 2.48. The number of benzene rings is 2. The lowest BCUT2D eigenvalue weighted by molar-refractivity contribution is 0.0105. The zero-order chi connectivity index (χ0) is 18.6. The number of ether oxygens (including phenoxy) is 1. The Labute approximate surface area is 160 Å². The van der Waals surface area contributed by atoms with Gasteiger partial charge in [0.05, 0.1) is 24.2 Å². The Hall–Kier alpha value is -1.44. The number of hydrogen-bond acceptors (Lipinski definition) is 4. The highest BCUT2D eigenvalue weighted by Gasteiger charge is 2.30. The van der Waals surface area contributed by atoms with Crippen molar-refractivity contribution in [2.45, 2.75) is 23.9 Å². The molecule has 140 valence electrons. The maximum Gasteiger partial charge on any atom is 0.240 e. The first-order valence-electron chi connectivity index (χ1n) is 8.62. The lowest BCUT2D eigenvalue weighted by atomic mass is 9.99. The van der Waals surface area contributed by atoms with E-state index >= 15 is 0 Å². The van der Waals surface area contributed by atoms with Crippen LogP contribution in [0.25, 0.3) is 0 Å². The summed E-state index contributed by atoms with van der Waals surface area (Å²) in [7, 11) is -3.63. The van der Waals surface area contributed by atoms with E-state index in [-0.39, 0.29) is 17.0 Å². The maximum absolute atomic E-state index is 12.8. The predicted molar refractivity (Wildman–Crippen MR) is 103 cm³/mol. The Morgan fingerprint density at radius 1 is 1.04 bits per heavy atom. The molecule has 0 aliphatic carbocycles. The van der Waals surface area contributed by atoms with Crippen LogP contribution in [0.1, 0.15) is 18.5 Å². The van der Waals surface area contributed by atoms with Crippen LogP contribution in [0.5, 0.6) is 0 Å². The summed E-state index contributed by atoms with van der Waals surface area (Å²) in [5.74, 6) is 0. The lowest BCUT2D eigenvalue weighted by Crippen LogP contribution is -2.48. The number of sulfonamides is 1. The van der Waals surface area contributed by atoms with Gasteiger partial charge in [-0.1, -0.05) is 41.9 Å². The summed E-state index contributed by atoms with van der Waals surface area (Å²) < 4.78 is 33.8. The van der Waals surface area contributed by atoms with Gasteiger partial charge in [-0.2, -0.15) is 0 Å². The van der Waals surface area contributed by atoms with Crippen molar-refractivity contribution in [2.75, 3.05) is 26.3 Å². The fourth-order valence-corrected chi connectivity index (χ4v) is 4.69. The van der Waals surface area contributed by atoms with Crippen LogP contribution >= 0.6 is 11.6 Å². The average Bonchev–Trinajstić information content (AvgIpc) is 2.63. The van der Waals surface area contributed by atoms with Gasteiger partial charge in [-0.15, -0.1) is 0 Å². The first-order valence-corrected chi connectivity index (χ1v) is 10.5. The fraction of sp³-hybridized carbons (Fsp3) is 0.368. The van der Waals surface area contributed by atoms with E-state index in [0.29, 0.717) is 18.2 Å². The zero-order valence-corrected chi connectivity index (χ0v) is 16.2. The average molecular weight is 395 g/mol. The van der Waals surface area contributed by atoms with Crippen LogP contribution in [0, 0.1) is 0 Å². The van der Waals surface area contributed by atoms with Gasteiger partial charge in [-0.25, -0.2) is 13.1 Å². The molecule has 0 spiro atoms. The fourth-order valence-electron chi connectivity index (χ4n) is 3.31. The van der Waals surface area contributed by atoms with E-state index in [1.54, 1.807) is 12.1 Å². The minimum absolute atomic E-state index is 0.0674. The second-order valence-electron chi connectivity index (χ2n) is 6.37. The molecule has 2 aromatic carbocycles. The summed E-state index contributed by atoms with van der Waals surface area (Å²) in [5, 5.41) is 0.507. The minimum Gasteiger partial charge on any atom is -0.379 e. The van der Waals surface area contributed by atoms with Gasteiger partial charge in [-0.05, 0) is 36.8 Å². The van der Waals surface area contributed by atoms with Crippen LogP contribution in [0.15, 0.2) is 59.5 Å². The molecule has 2 unspecified atom stereocenters. The van der Waals surface area contributed by atoms with Crippen LogP contribution in [-0.4, -0.2) is 45.7 Å². The third kappa shape index (κ3) is 4.64. The molecule has 0 amide bonds. The summed E-state index contributed by atoms with van der Waals surface area (Å²) in [6.07, 6.45) is 0. The quantitative estimate of drug-likeness (QED) is 0.818. The smallest absolute Gasteiger partial charge is 0.240 e. The lowest BCUT2D eigenvalue weighted by Gasteiger charge is -2.38. The molecule has 0 radical (unpaired) electrons. The standard InChI is InChI=1S/C19H23ClN2O3S/c1-15(21-26(23,24)18-9-7-17(20)8-10-18)19(16-5-3-2-4-6-16)22-11-13-25-14-12-22/h2-10,15,19,21H,11-14H2,1H3. The van der Waals surface area contributed by atoms with E-state index in [4.69, 9.17) is 16.3 Å². The van der Waals surface area contributed by atoms with Crippen molar-refractivity contribution >= 4 is 21.6 Å². The van der Waals surface area contributed by atoms with Crippen molar-refractivity contribution in [3.63, 3.8) is 0 Å². The largest absolute Gasteiger partial charge is 0.379 e. The molecule has 7 heteroatoms. The number of nitrogens with one attached hydrogen (secondary N) is 1. The molecule has 1 heterocycles. The van der Waals surface area contributed by atoms with Crippen molar-refractivity contribution in [1.29, 1.82) is 0 Å². The highest BCUT2D eigenvalue weighted by molar-refractivity contribution is 7.89.